The van der Waals surface area contributed by atoms with Gasteiger partial charge in [-0.3, -0.25) is 5.10 Å². The lowest BCUT2D eigenvalue weighted by Crippen LogP contribution is -2.33. The van der Waals surface area contributed by atoms with E-state index in [0.29, 0.717) is 0 Å². The molecule has 5 N–H and O–H groups in total. The largest absolute Gasteiger partial charge is 0.394 e. The molecule has 1 aliphatic rings. The predicted molar refractivity (Wildman–Crippen MR) is 46.4 cm³/mol. The van der Waals surface area contributed by atoms with Gasteiger partial charge in [0.2, 0.25) is 0 Å². The molecule has 2 heterocycles. The van der Waals surface area contributed by atoms with Gasteiger partial charge in [-0.2, -0.15) is 0 Å². The molecule has 0 bridgehead atoms. The summed E-state index contributed by atoms with van der Waals surface area (Å²) < 4.78 is 4.54. The first kappa shape index (κ1) is 12.0. The summed E-state index contributed by atoms with van der Waals surface area (Å²) in [6, 6.07) is 0. The number of hydrogen-bond donors (Lipinski definition) is 5. The average molecular weight is 219 g/mol. The Kier molecular flexibility index (Phi) is 4.59. The van der Waals surface area contributed by atoms with Crippen molar-refractivity contribution < 1.29 is 25.2 Å². The molecule has 86 valence electrons. The number of nitrogens with one attached hydrogen (secondary N) is 1. The summed E-state index contributed by atoms with van der Waals surface area (Å²) in [6.45, 7) is -0.407. The zero-order chi connectivity index (χ0) is 11.3. The summed E-state index contributed by atoms with van der Waals surface area (Å²) >= 11 is 0. The third-order valence-corrected chi connectivity index (χ3v) is 1.85. The van der Waals surface area contributed by atoms with Crippen LogP contribution in [0.15, 0.2) is 12.4 Å². The second-order valence-corrected chi connectivity index (χ2v) is 2.89. The van der Waals surface area contributed by atoms with Gasteiger partial charge in [-0.05, 0) is 0 Å². The van der Waals surface area contributed by atoms with Crippen molar-refractivity contribution in [2.45, 2.75) is 24.6 Å². The molecule has 0 saturated carbocycles. The number of aromatic nitrogens is 3. The Morgan fingerprint density at radius 3 is 2.20 bits per heavy atom. The maximum absolute atomic E-state index is 8.93. The van der Waals surface area contributed by atoms with Gasteiger partial charge < -0.3 is 25.2 Å². The number of aromatic amines is 1. The molecule has 1 aromatic heterocycles. The van der Waals surface area contributed by atoms with Gasteiger partial charge in [-0.25, -0.2) is 0 Å². The van der Waals surface area contributed by atoms with E-state index in [4.69, 9.17) is 20.4 Å². The van der Waals surface area contributed by atoms with Crippen molar-refractivity contribution in [1.82, 2.24) is 15.4 Å². The Labute approximate surface area is 85.1 Å². The quantitative estimate of drug-likeness (QED) is 0.345. The van der Waals surface area contributed by atoms with E-state index in [-0.39, 0.29) is 0 Å². The first-order chi connectivity index (χ1) is 7.16. The molecule has 15 heavy (non-hydrogen) atoms. The minimum absolute atomic E-state index is 0.407. The first-order valence-corrected chi connectivity index (χ1v) is 4.27. The van der Waals surface area contributed by atoms with Crippen molar-refractivity contribution >= 4 is 0 Å². The van der Waals surface area contributed by atoms with Gasteiger partial charge in [0.05, 0.1) is 12.8 Å². The molecule has 1 unspecified atom stereocenters. The van der Waals surface area contributed by atoms with Crippen LogP contribution in [-0.4, -0.2) is 67.0 Å². The van der Waals surface area contributed by atoms with Gasteiger partial charge in [-0.1, -0.05) is 5.21 Å². The van der Waals surface area contributed by atoms with Crippen molar-refractivity contribution in [2.75, 3.05) is 6.61 Å². The Bertz CT molecular complexity index is 240. The van der Waals surface area contributed by atoms with E-state index in [2.05, 4.69) is 20.1 Å². The molecule has 0 spiro atoms. The molecule has 1 aliphatic heterocycles. The maximum Gasteiger partial charge on any atom is 0.184 e. The summed E-state index contributed by atoms with van der Waals surface area (Å²) in [5, 5.41) is 44.2. The molecule has 8 nitrogen and oxygen atoms in total. The number of ether oxygens (including phenoxy) is 1. The van der Waals surface area contributed by atoms with Gasteiger partial charge in [-0.15, -0.1) is 5.10 Å². The van der Waals surface area contributed by atoms with Crippen LogP contribution in [0.4, 0.5) is 0 Å². The fourth-order valence-electron chi connectivity index (χ4n) is 1.05. The summed E-state index contributed by atoms with van der Waals surface area (Å²) in [4.78, 5) is 0. The van der Waals surface area contributed by atoms with Crippen LogP contribution in [-0.2, 0) is 4.74 Å². The number of hydrogen-bond acceptors (Lipinski definition) is 7. The van der Waals surface area contributed by atoms with E-state index in [1.807, 2.05) is 0 Å². The Balaban J connectivity index is 0.000000187. The normalized spacial score (nSPS) is 34.7. The highest BCUT2D eigenvalue weighted by Gasteiger charge is 2.41. The molecule has 4 atom stereocenters. The molecule has 1 aromatic rings. The fourth-order valence-corrected chi connectivity index (χ4v) is 1.05. The van der Waals surface area contributed by atoms with Gasteiger partial charge in [0.15, 0.2) is 6.29 Å². The van der Waals surface area contributed by atoms with Crippen LogP contribution in [0.5, 0.6) is 0 Å². The monoisotopic (exact) mass is 219 g/mol. The zero-order valence-corrected chi connectivity index (χ0v) is 7.76. The Hall–Kier alpha value is -1.06. The summed E-state index contributed by atoms with van der Waals surface area (Å²) in [7, 11) is 0. The SMILES string of the molecule is OC[C@H]1OC(O)[C@H](O)[C@H]1O.c1c[nH]nn1. The molecule has 0 aliphatic carbocycles. The van der Waals surface area contributed by atoms with E-state index in [0.717, 1.165) is 0 Å². The topological polar surface area (TPSA) is 132 Å². The molecule has 8 heteroatoms. The van der Waals surface area contributed by atoms with Gasteiger partial charge in [0.25, 0.3) is 0 Å². The molecule has 1 fully saturated rings. The third-order valence-electron chi connectivity index (χ3n) is 1.85. The van der Waals surface area contributed by atoms with E-state index >= 15 is 0 Å². The Morgan fingerprint density at radius 2 is 2.00 bits per heavy atom. The fraction of sp³-hybridized carbons (Fsp3) is 0.714. The zero-order valence-electron chi connectivity index (χ0n) is 7.76. The van der Waals surface area contributed by atoms with E-state index in [1.165, 1.54) is 0 Å². The average Bonchev–Trinajstić information content (AvgIpc) is 2.87. The minimum atomic E-state index is -1.38. The van der Waals surface area contributed by atoms with Crippen LogP contribution >= 0.6 is 0 Å². The lowest BCUT2D eigenvalue weighted by atomic mass is 10.1. The first-order valence-electron chi connectivity index (χ1n) is 4.27. The van der Waals surface area contributed by atoms with Crippen molar-refractivity contribution in [2.24, 2.45) is 0 Å². The van der Waals surface area contributed by atoms with Crippen molar-refractivity contribution in [3.8, 4) is 0 Å². The van der Waals surface area contributed by atoms with E-state index in [1.54, 1.807) is 12.4 Å². The lowest BCUT2D eigenvalue weighted by molar-refractivity contribution is -0.132. The standard InChI is InChI=1S/C5H10O5.C2H3N3/c6-1-2-3(7)4(8)5(9)10-2;1-2-4-5-3-1/h2-9H,1H2;1-2H,(H,3,4,5)/t2-,3+,4-,5?;/m1./s1. The Morgan fingerprint density at radius 1 is 1.27 bits per heavy atom. The molecule has 0 radical (unpaired) electrons. The molecular weight excluding hydrogens is 206 g/mol. The van der Waals surface area contributed by atoms with Crippen molar-refractivity contribution in [1.29, 1.82) is 0 Å². The second kappa shape index (κ2) is 5.73. The van der Waals surface area contributed by atoms with Crippen molar-refractivity contribution in [3.05, 3.63) is 12.4 Å². The van der Waals surface area contributed by atoms with Gasteiger partial charge in [0, 0.05) is 6.20 Å². The van der Waals surface area contributed by atoms with Crippen LogP contribution in [0.3, 0.4) is 0 Å². The van der Waals surface area contributed by atoms with Gasteiger partial charge >= 0.3 is 0 Å². The number of aliphatic hydroxyl groups excluding tert-OH is 4. The molecule has 2 rings (SSSR count). The molecule has 1 saturated heterocycles. The third kappa shape index (κ3) is 3.22. The molecular formula is C7H13N3O5. The van der Waals surface area contributed by atoms with Crippen LogP contribution in [0.2, 0.25) is 0 Å². The second-order valence-electron chi connectivity index (χ2n) is 2.89. The highest BCUT2D eigenvalue weighted by Crippen LogP contribution is 2.18. The van der Waals surface area contributed by atoms with Crippen LogP contribution in [0.25, 0.3) is 0 Å². The van der Waals surface area contributed by atoms with E-state index < -0.39 is 31.2 Å². The maximum atomic E-state index is 8.93. The molecule has 0 aromatic carbocycles. The highest BCUT2D eigenvalue weighted by atomic mass is 16.6. The van der Waals surface area contributed by atoms with Gasteiger partial charge in [0.1, 0.15) is 18.3 Å². The minimum Gasteiger partial charge on any atom is -0.394 e. The molecule has 0 amide bonds. The van der Waals surface area contributed by atoms with Crippen LogP contribution < -0.4 is 0 Å². The predicted octanol–water partition coefficient (Wildman–Crippen LogP) is -2.78. The number of rotatable bonds is 1. The number of aliphatic hydroxyl groups is 4. The van der Waals surface area contributed by atoms with Crippen LogP contribution in [0, 0.1) is 0 Å². The lowest BCUT2D eigenvalue weighted by Gasteiger charge is -2.09. The van der Waals surface area contributed by atoms with Crippen LogP contribution in [0.1, 0.15) is 0 Å². The highest BCUT2D eigenvalue weighted by molar-refractivity contribution is 4.84. The van der Waals surface area contributed by atoms with E-state index in [9.17, 15) is 0 Å². The summed E-state index contributed by atoms with van der Waals surface area (Å²) in [5.41, 5.74) is 0. The smallest absolute Gasteiger partial charge is 0.184 e. The summed E-state index contributed by atoms with van der Waals surface area (Å²) in [6.07, 6.45) is -1.52. The number of nitrogens with zero attached hydrogens (tertiary/aromatic N) is 2. The van der Waals surface area contributed by atoms with Crippen molar-refractivity contribution in [3.63, 3.8) is 0 Å². The number of H-pyrrole nitrogens is 1. The summed E-state index contributed by atoms with van der Waals surface area (Å²) in [5.74, 6) is 0.